The molecule has 4 heterocycles. The molecule has 0 saturated heterocycles. The van der Waals surface area contributed by atoms with E-state index in [1.54, 1.807) is 0 Å². The van der Waals surface area contributed by atoms with Gasteiger partial charge in [0.05, 0.1) is 22.1 Å². The normalized spacial score (nSPS) is 12.1. The van der Waals surface area contributed by atoms with Crippen LogP contribution in [-0.4, -0.2) is 8.97 Å². The highest BCUT2D eigenvalue weighted by molar-refractivity contribution is 6.24. The van der Waals surface area contributed by atoms with Crippen LogP contribution < -0.4 is 5.56 Å². The van der Waals surface area contributed by atoms with Crippen molar-refractivity contribution in [2.45, 2.75) is 0 Å². The summed E-state index contributed by atoms with van der Waals surface area (Å²) in [5, 5.41) is 9.54. The van der Waals surface area contributed by atoms with Crippen LogP contribution in [0.1, 0.15) is 0 Å². The highest BCUT2D eigenvalue weighted by Gasteiger charge is 2.22. The number of hydrogen-bond donors (Lipinski definition) is 0. The fourth-order valence-corrected chi connectivity index (χ4v) is 9.88. The molecule has 0 aliphatic carbocycles. The highest BCUT2D eigenvalue weighted by Crippen LogP contribution is 2.43. The number of pyridine rings is 1. The van der Waals surface area contributed by atoms with Gasteiger partial charge in [0.15, 0.2) is 0 Å². The largest absolute Gasteiger partial charge is 0.455 e. The standard InChI is InChI=1S/C55H32N2O2/c58-55-44-20-5-4-17-40(44)46-31-36(33-13-2-1-3-14-33)32-47-52-38(21-12-25-50(52)57(55)53(46)47)34-15-10-16-37(29-34)56-48-24-8-6-18-41(48)45-30-35(27-28-49(45)56)39-22-11-23-43-42-19-7-9-26-51(42)59-54(39)43/h1-32H. The Bertz CT molecular complexity index is 3920. The SMILES string of the molecule is O=c1c2ccccc2c2cc(-c3ccccc3)cc3c4c(-c5cccc(-n6c7ccccc7c7cc(-c8cccc9c8oc8ccccc89)ccc76)c5)cccc4n1c23. The van der Waals surface area contributed by atoms with E-state index in [1.807, 2.05) is 34.7 Å². The van der Waals surface area contributed by atoms with E-state index in [9.17, 15) is 4.79 Å². The molecule has 13 aromatic rings. The summed E-state index contributed by atoms with van der Waals surface area (Å²) in [5.41, 5.74) is 13.7. The van der Waals surface area contributed by atoms with Gasteiger partial charge in [-0.3, -0.25) is 9.20 Å². The molecule has 0 bridgehead atoms. The van der Waals surface area contributed by atoms with Crippen molar-refractivity contribution in [3.05, 3.63) is 204 Å². The molecule has 274 valence electrons. The van der Waals surface area contributed by atoms with Gasteiger partial charge >= 0.3 is 0 Å². The van der Waals surface area contributed by atoms with Gasteiger partial charge < -0.3 is 8.98 Å². The molecule has 13 rings (SSSR count). The lowest BCUT2D eigenvalue weighted by atomic mass is 9.95. The molecule has 0 saturated carbocycles. The van der Waals surface area contributed by atoms with E-state index in [1.165, 1.54) is 10.8 Å². The third-order valence-corrected chi connectivity index (χ3v) is 12.4. The van der Waals surface area contributed by atoms with Crippen LogP contribution >= 0.6 is 0 Å². The zero-order valence-electron chi connectivity index (χ0n) is 31.7. The maximum atomic E-state index is 14.4. The quantitative estimate of drug-likeness (QED) is 0.168. The van der Waals surface area contributed by atoms with Gasteiger partial charge in [-0.2, -0.15) is 0 Å². The molecule has 4 aromatic heterocycles. The number of furan rings is 1. The molecule has 0 radical (unpaired) electrons. The Labute approximate surface area is 337 Å². The van der Waals surface area contributed by atoms with Gasteiger partial charge in [0.1, 0.15) is 11.2 Å². The summed E-state index contributed by atoms with van der Waals surface area (Å²) in [6, 6.07) is 68.4. The Balaban J connectivity index is 1.04. The average molecular weight is 753 g/mol. The van der Waals surface area contributed by atoms with Crippen LogP contribution in [0.15, 0.2) is 203 Å². The first-order chi connectivity index (χ1) is 29.2. The first-order valence-corrected chi connectivity index (χ1v) is 20.0. The maximum absolute atomic E-state index is 14.4. The molecule has 0 atom stereocenters. The van der Waals surface area contributed by atoms with Gasteiger partial charge in [0, 0.05) is 54.3 Å². The van der Waals surface area contributed by atoms with Crippen molar-refractivity contribution in [2.75, 3.05) is 0 Å². The summed E-state index contributed by atoms with van der Waals surface area (Å²) in [7, 11) is 0. The second-order valence-electron chi connectivity index (χ2n) is 15.6. The van der Waals surface area contributed by atoms with Crippen LogP contribution in [0.5, 0.6) is 0 Å². The molecular formula is C55H32N2O2. The van der Waals surface area contributed by atoms with E-state index in [2.05, 4.69) is 168 Å². The van der Waals surface area contributed by atoms with E-state index in [-0.39, 0.29) is 5.56 Å². The zero-order chi connectivity index (χ0) is 38.8. The van der Waals surface area contributed by atoms with Crippen LogP contribution in [0, 0.1) is 0 Å². The molecule has 0 aliphatic heterocycles. The zero-order valence-corrected chi connectivity index (χ0v) is 31.7. The topological polar surface area (TPSA) is 39.5 Å². The van der Waals surface area contributed by atoms with E-state index in [0.29, 0.717) is 0 Å². The van der Waals surface area contributed by atoms with Crippen molar-refractivity contribution in [1.29, 1.82) is 0 Å². The van der Waals surface area contributed by atoms with Crippen molar-refractivity contribution in [2.24, 2.45) is 0 Å². The molecule has 0 fully saturated rings. The molecule has 4 nitrogen and oxygen atoms in total. The minimum atomic E-state index is 0.00710. The number of aromatic nitrogens is 2. The number of benzene rings is 9. The van der Waals surface area contributed by atoms with Gasteiger partial charge in [0.25, 0.3) is 5.56 Å². The van der Waals surface area contributed by atoms with E-state index >= 15 is 0 Å². The summed E-state index contributed by atoms with van der Waals surface area (Å²) in [4.78, 5) is 14.4. The van der Waals surface area contributed by atoms with E-state index in [4.69, 9.17) is 4.42 Å². The summed E-state index contributed by atoms with van der Waals surface area (Å²) in [5.74, 6) is 0. The molecule has 0 spiro atoms. The van der Waals surface area contributed by atoms with Crippen molar-refractivity contribution in [1.82, 2.24) is 8.97 Å². The fraction of sp³-hybridized carbons (Fsp3) is 0. The van der Waals surface area contributed by atoms with Crippen LogP contribution in [0.4, 0.5) is 0 Å². The molecular weight excluding hydrogens is 721 g/mol. The molecule has 4 heteroatoms. The summed E-state index contributed by atoms with van der Waals surface area (Å²) >= 11 is 0. The molecule has 9 aromatic carbocycles. The number of fused-ring (bicyclic) bond motifs is 11. The average Bonchev–Trinajstić information content (AvgIpc) is 3.96. The predicted molar refractivity (Wildman–Crippen MR) is 245 cm³/mol. The second kappa shape index (κ2) is 12.0. The number of para-hydroxylation sites is 3. The molecule has 0 aliphatic rings. The van der Waals surface area contributed by atoms with Gasteiger partial charge in [-0.25, -0.2) is 0 Å². The summed E-state index contributed by atoms with van der Waals surface area (Å²) < 4.78 is 10.8. The fourth-order valence-electron chi connectivity index (χ4n) is 9.88. The van der Waals surface area contributed by atoms with Gasteiger partial charge in [0.2, 0.25) is 0 Å². The minimum absolute atomic E-state index is 0.00710. The minimum Gasteiger partial charge on any atom is -0.455 e. The van der Waals surface area contributed by atoms with Crippen molar-refractivity contribution >= 4 is 81.7 Å². The Morgan fingerprint density at radius 2 is 1.00 bits per heavy atom. The van der Waals surface area contributed by atoms with Gasteiger partial charge in [-0.1, -0.05) is 133 Å². The van der Waals surface area contributed by atoms with E-state index in [0.717, 1.165) is 110 Å². The highest BCUT2D eigenvalue weighted by atomic mass is 16.3. The van der Waals surface area contributed by atoms with Crippen molar-refractivity contribution < 1.29 is 4.42 Å². The molecule has 0 amide bonds. The van der Waals surface area contributed by atoms with Crippen LogP contribution in [0.2, 0.25) is 0 Å². The Kier molecular flexibility index (Phi) is 6.56. The molecule has 0 unspecified atom stereocenters. The predicted octanol–water partition coefficient (Wildman–Crippen LogP) is 14.2. The third-order valence-electron chi connectivity index (χ3n) is 12.4. The Morgan fingerprint density at radius 1 is 0.373 bits per heavy atom. The first-order valence-electron chi connectivity index (χ1n) is 20.0. The maximum Gasteiger partial charge on any atom is 0.263 e. The monoisotopic (exact) mass is 752 g/mol. The van der Waals surface area contributed by atoms with E-state index < -0.39 is 0 Å². The van der Waals surface area contributed by atoms with Crippen LogP contribution in [-0.2, 0) is 0 Å². The second-order valence-corrected chi connectivity index (χ2v) is 15.6. The Morgan fingerprint density at radius 3 is 1.90 bits per heavy atom. The number of hydrogen-bond acceptors (Lipinski definition) is 2. The van der Waals surface area contributed by atoms with Crippen LogP contribution in [0.3, 0.4) is 0 Å². The lowest BCUT2D eigenvalue weighted by molar-refractivity contribution is 0.670. The molecule has 0 N–H and O–H groups in total. The first kappa shape index (κ1) is 32.2. The van der Waals surface area contributed by atoms with Crippen molar-refractivity contribution in [3.63, 3.8) is 0 Å². The summed E-state index contributed by atoms with van der Waals surface area (Å²) in [6.45, 7) is 0. The third kappa shape index (κ3) is 4.51. The van der Waals surface area contributed by atoms with Gasteiger partial charge in [-0.05, 0) is 93.9 Å². The Hall–Kier alpha value is -7.95. The number of nitrogens with zero attached hydrogens (tertiary/aromatic N) is 2. The lowest BCUT2D eigenvalue weighted by Gasteiger charge is -2.12. The number of rotatable bonds is 4. The summed E-state index contributed by atoms with van der Waals surface area (Å²) in [6.07, 6.45) is 0. The van der Waals surface area contributed by atoms with Crippen LogP contribution in [0.25, 0.3) is 121 Å². The molecule has 59 heavy (non-hydrogen) atoms. The smallest absolute Gasteiger partial charge is 0.263 e. The van der Waals surface area contributed by atoms with Gasteiger partial charge in [-0.15, -0.1) is 0 Å². The van der Waals surface area contributed by atoms with Crippen molar-refractivity contribution in [3.8, 4) is 39.1 Å². The lowest BCUT2D eigenvalue weighted by Crippen LogP contribution is -2.12.